The van der Waals surface area contributed by atoms with Crippen molar-refractivity contribution in [3.63, 3.8) is 0 Å². The van der Waals surface area contributed by atoms with E-state index in [1.165, 1.54) is 5.57 Å². The minimum absolute atomic E-state index is 0.0320. The summed E-state index contributed by atoms with van der Waals surface area (Å²) in [5.74, 6) is -0.461. The molecule has 0 spiro atoms. The van der Waals surface area contributed by atoms with Gasteiger partial charge in [-0.25, -0.2) is 0 Å². The van der Waals surface area contributed by atoms with Gasteiger partial charge in [0.25, 0.3) is 0 Å². The molecular formula is C29H46O6. The molecule has 5 rings (SSSR count). The minimum atomic E-state index is -1.05. The van der Waals surface area contributed by atoms with Crippen molar-refractivity contribution in [3.8, 4) is 0 Å². The monoisotopic (exact) mass is 490 g/mol. The number of hydrogen-bond donors (Lipinski definition) is 5. The van der Waals surface area contributed by atoms with Crippen LogP contribution in [-0.4, -0.2) is 56.4 Å². The number of allylic oxidation sites excluding steroid dienone is 1. The van der Waals surface area contributed by atoms with Crippen molar-refractivity contribution in [2.75, 3.05) is 13.2 Å². The first-order valence-corrected chi connectivity index (χ1v) is 13.9. The Labute approximate surface area is 209 Å². The van der Waals surface area contributed by atoms with Gasteiger partial charge in [0.2, 0.25) is 0 Å². The molecule has 5 aliphatic carbocycles. The van der Waals surface area contributed by atoms with E-state index in [0.29, 0.717) is 25.2 Å². The highest BCUT2D eigenvalue weighted by molar-refractivity contribution is 5.77. The van der Waals surface area contributed by atoms with E-state index in [2.05, 4.69) is 26.8 Å². The third-order valence-electron chi connectivity index (χ3n) is 12.8. The highest BCUT2D eigenvalue weighted by Gasteiger charge is 2.68. The molecule has 198 valence electrons. The second-order valence-electron chi connectivity index (χ2n) is 13.9. The fraction of sp³-hybridized carbons (Fsp3) is 0.897. The van der Waals surface area contributed by atoms with E-state index < -0.39 is 28.5 Å². The molecule has 0 saturated heterocycles. The Morgan fingerprint density at radius 1 is 0.943 bits per heavy atom. The van der Waals surface area contributed by atoms with Gasteiger partial charge >= 0.3 is 5.97 Å². The highest BCUT2D eigenvalue weighted by atomic mass is 16.4. The van der Waals surface area contributed by atoms with Gasteiger partial charge in [0.15, 0.2) is 0 Å². The molecule has 5 aliphatic rings. The Balaban J connectivity index is 1.59. The third-order valence-corrected chi connectivity index (χ3v) is 12.8. The zero-order chi connectivity index (χ0) is 25.6. The van der Waals surface area contributed by atoms with Crippen molar-refractivity contribution in [3.05, 3.63) is 11.6 Å². The van der Waals surface area contributed by atoms with Gasteiger partial charge in [-0.05, 0) is 99.2 Å². The molecule has 0 aliphatic heterocycles. The smallest absolute Gasteiger partial charge is 0.310 e. The quantitative estimate of drug-likeness (QED) is 0.385. The van der Waals surface area contributed by atoms with Crippen LogP contribution in [0.15, 0.2) is 11.6 Å². The molecule has 5 N–H and O–H groups in total. The predicted octanol–water partition coefficient (Wildman–Crippen LogP) is 3.76. The predicted molar refractivity (Wildman–Crippen MR) is 132 cm³/mol. The van der Waals surface area contributed by atoms with E-state index in [1.54, 1.807) is 0 Å². The fourth-order valence-corrected chi connectivity index (χ4v) is 10.7. The SMILES string of the molecule is C[C@@H]1CC[C@]2(C(=O)O)CC[C@@H]3C(=CC[C@H]4[C@@]3(C)CC[C@H]3C(CO)(CO)[C@@H](O)CC[C@]43C)[C@@H]2[C@]1(C)O. The second-order valence-corrected chi connectivity index (χ2v) is 13.9. The molecule has 10 atom stereocenters. The summed E-state index contributed by atoms with van der Waals surface area (Å²) in [6, 6.07) is 0. The van der Waals surface area contributed by atoms with Gasteiger partial charge < -0.3 is 25.5 Å². The van der Waals surface area contributed by atoms with Crippen LogP contribution >= 0.6 is 0 Å². The van der Waals surface area contributed by atoms with Gasteiger partial charge in [-0.3, -0.25) is 4.79 Å². The molecule has 0 aromatic rings. The average molecular weight is 491 g/mol. The van der Waals surface area contributed by atoms with Gasteiger partial charge in [0, 0.05) is 11.3 Å². The van der Waals surface area contributed by atoms with E-state index in [9.17, 15) is 30.3 Å². The van der Waals surface area contributed by atoms with E-state index in [0.717, 1.165) is 38.5 Å². The van der Waals surface area contributed by atoms with Gasteiger partial charge in [0.1, 0.15) is 0 Å². The molecular weight excluding hydrogens is 444 g/mol. The van der Waals surface area contributed by atoms with Crippen LogP contribution in [-0.2, 0) is 4.79 Å². The average Bonchev–Trinajstić information content (AvgIpc) is 2.81. The topological polar surface area (TPSA) is 118 Å². The lowest BCUT2D eigenvalue weighted by Crippen LogP contribution is -2.66. The van der Waals surface area contributed by atoms with Gasteiger partial charge in [-0.2, -0.15) is 0 Å². The summed E-state index contributed by atoms with van der Waals surface area (Å²) >= 11 is 0. The maximum absolute atomic E-state index is 12.7. The number of carbonyl (C=O) groups is 1. The van der Waals surface area contributed by atoms with Crippen LogP contribution in [0.3, 0.4) is 0 Å². The number of hydrogen-bond acceptors (Lipinski definition) is 5. The Bertz CT molecular complexity index is 907. The summed E-state index contributed by atoms with van der Waals surface area (Å²) in [6.07, 6.45) is 8.45. The molecule has 6 nitrogen and oxygen atoms in total. The molecule has 0 unspecified atom stereocenters. The van der Waals surface area contributed by atoms with Crippen LogP contribution in [0.1, 0.15) is 85.5 Å². The third kappa shape index (κ3) is 3.06. The maximum atomic E-state index is 12.7. The van der Waals surface area contributed by atoms with Crippen molar-refractivity contribution in [2.24, 2.45) is 51.2 Å². The standard InChI is InChI=1S/C29H46O6/c1-17-7-13-28(24(33)34)14-8-19-18(23(28)27(17,4)35)5-6-20-25(19,2)11-9-21-26(20,3)12-10-22(32)29(21,15-30)16-31/h5,17,19-23,30-32,35H,6-16H2,1-4H3,(H,33,34)/t17-,19-,20+,21-,22+,23-,25+,26-,27-,28+/m1/s1. The summed E-state index contributed by atoms with van der Waals surface area (Å²) in [6.45, 7) is 8.22. The number of carboxylic acids is 1. The summed E-state index contributed by atoms with van der Waals surface area (Å²) < 4.78 is 0. The fourth-order valence-electron chi connectivity index (χ4n) is 10.7. The number of rotatable bonds is 3. The Kier molecular flexibility index (Phi) is 5.89. The minimum Gasteiger partial charge on any atom is -0.481 e. The molecule has 4 fully saturated rings. The van der Waals surface area contributed by atoms with Crippen molar-refractivity contribution in [1.82, 2.24) is 0 Å². The van der Waals surface area contributed by atoms with E-state index >= 15 is 0 Å². The lowest BCUT2D eigenvalue weighted by molar-refractivity contribution is -0.222. The Morgan fingerprint density at radius 2 is 1.57 bits per heavy atom. The van der Waals surface area contributed by atoms with E-state index in [1.807, 2.05) is 6.92 Å². The number of carboxylic acid groups (broad SMARTS) is 1. The zero-order valence-corrected chi connectivity index (χ0v) is 22.0. The Hall–Kier alpha value is -0.950. The number of aliphatic hydroxyl groups is 4. The lowest BCUT2D eigenvalue weighted by atomic mass is 9.36. The zero-order valence-electron chi connectivity index (χ0n) is 22.0. The first-order chi connectivity index (χ1) is 16.3. The molecule has 0 aromatic heterocycles. The number of aliphatic hydroxyl groups excluding tert-OH is 3. The van der Waals surface area contributed by atoms with Crippen molar-refractivity contribution < 1.29 is 30.3 Å². The van der Waals surface area contributed by atoms with Crippen molar-refractivity contribution in [2.45, 2.75) is 97.2 Å². The summed E-state index contributed by atoms with van der Waals surface area (Å²) in [7, 11) is 0. The highest BCUT2D eigenvalue weighted by Crippen LogP contribution is 2.72. The second kappa shape index (κ2) is 8.02. The van der Waals surface area contributed by atoms with Crippen molar-refractivity contribution >= 4 is 5.97 Å². The first-order valence-electron chi connectivity index (χ1n) is 13.9. The molecule has 0 radical (unpaired) electrons. The first kappa shape index (κ1) is 25.7. The van der Waals surface area contributed by atoms with Crippen LogP contribution in [0, 0.1) is 51.2 Å². The largest absolute Gasteiger partial charge is 0.481 e. The van der Waals surface area contributed by atoms with Gasteiger partial charge in [-0.1, -0.05) is 32.4 Å². The lowest BCUT2D eigenvalue weighted by Gasteiger charge is -2.68. The summed E-state index contributed by atoms with van der Waals surface area (Å²) in [5.41, 5.74) is -1.78. The number of aliphatic carboxylic acids is 1. The normalized spacial score (nSPS) is 52.9. The van der Waals surface area contributed by atoms with Crippen LogP contribution < -0.4 is 0 Å². The summed E-state index contributed by atoms with van der Waals surface area (Å²) in [4.78, 5) is 12.7. The number of fused-ring (bicyclic) bond motifs is 7. The molecule has 4 saturated carbocycles. The molecule has 0 heterocycles. The van der Waals surface area contributed by atoms with E-state index in [4.69, 9.17) is 0 Å². The molecule has 35 heavy (non-hydrogen) atoms. The van der Waals surface area contributed by atoms with Crippen LogP contribution in [0.25, 0.3) is 0 Å². The van der Waals surface area contributed by atoms with Gasteiger partial charge in [0.05, 0.1) is 30.3 Å². The van der Waals surface area contributed by atoms with Crippen molar-refractivity contribution in [1.29, 1.82) is 0 Å². The van der Waals surface area contributed by atoms with E-state index in [-0.39, 0.29) is 47.7 Å². The van der Waals surface area contributed by atoms with Crippen LogP contribution in [0.4, 0.5) is 0 Å². The van der Waals surface area contributed by atoms with Crippen LogP contribution in [0.2, 0.25) is 0 Å². The van der Waals surface area contributed by atoms with Gasteiger partial charge in [-0.15, -0.1) is 0 Å². The Morgan fingerprint density at radius 3 is 2.20 bits per heavy atom. The van der Waals surface area contributed by atoms with Crippen LogP contribution in [0.5, 0.6) is 0 Å². The maximum Gasteiger partial charge on any atom is 0.310 e. The molecule has 0 amide bonds. The molecule has 0 bridgehead atoms. The summed E-state index contributed by atoms with van der Waals surface area (Å²) in [5, 5.41) is 53.9. The molecule has 6 heteroatoms. The molecule has 0 aromatic carbocycles.